The molecule has 1 atom stereocenters. The van der Waals surface area contributed by atoms with Crippen LogP contribution in [0.25, 0.3) is 0 Å². The summed E-state index contributed by atoms with van der Waals surface area (Å²) in [5.74, 6) is -0.376. The van der Waals surface area contributed by atoms with Gasteiger partial charge < -0.3 is 15.5 Å². The van der Waals surface area contributed by atoms with Gasteiger partial charge in [-0.2, -0.15) is 0 Å². The predicted octanol–water partition coefficient (Wildman–Crippen LogP) is 0.963. The molecule has 0 aliphatic carbocycles. The summed E-state index contributed by atoms with van der Waals surface area (Å²) in [4.78, 5) is 14.4. The van der Waals surface area contributed by atoms with Gasteiger partial charge in [-0.3, -0.25) is 0 Å². The van der Waals surface area contributed by atoms with Crippen LogP contribution in [0.1, 0.15) is 23.7 Å². The van der Waals surface area contributed by atoms with Crippen molar-refractivity contribution < 1.29 is 15.0 Å². The molecule has 1 aromatic rings. The molecule has 5 heteroatoms. The second kappa shape index (κ2) is 5.31. The maximum Gasteiger partial charge on any atom is 0.337 e. The Morgan fingerprint density at radius 3 is 2.80 bits per heavy atom. The van der Waals surface area contributed by atoms with Crippen LogP contribution in [0.15, 0.2) is 18.3 Å². The van der Waals surface area contributed by atoms with Crippen molar-refractivity contribution in [3.8, 4) is 0 Å². The molecule has 1 aromatic heterocycles. The Kier molecular flexibility index (Phi) is 4.05. The number of nitrogens with one attached hydrogen (secondary N) is 1. The van der Waals surface area contributed by atoms with Gasteiger partial charge in [0.05, 0.1) is 11.7 Å². The normalized spacial score (nSPS) is 12.1. The van der Waals surface area contributed by atoms with Crippen molar-refractivity contribution in [2.45, 2.75) is 19.4 Å². The minimum atomic E-state index is -0.988. The number of rotatable bonds is 5. The van der Waals surface area contributed by atoms with Gasteiger partial charge in [0.25, 0.3) is 0 Å². The molecular weight excluding hydrogens is 196 g/mol. The van der Waals surface area contributed by atoms with Gasteiger partial charge in [0.15, 0.2) is 0 Å². The molecule has 1 heterocycles. The van der Waals surface area contributed by atoms with Crippen LogP contribution in [-0.2, 0) is 0 Å². The van der Waals surface area contributed by atoms with Crippen molar-refractivity contribution >= 4 is 11.8 Å². The molecule has 0 amide bonds. The molecule has 0 spiro atoms. The van der Waals surface area contributed by atoms with Crippen LogP contribution in [0.5, 0.6) is 0 Å². The summed E-state index contributed by atoms with van der Waals surface area (Å²) in [6, 6.07) is 3.09. The molecule has 15 heavy (non-hydrogen) atoms. The van der Waals surface area contributed by atoms with Gasteiger partial charge in [0, 0.05) is 12.7 Å². The number of pyridine rings is 1. The van der Waals surface area contributed by atoms with Gasteiger partial charge in [-0.1, -0.05) is 0 Å². The van der Waals surface area contributed by atoms with Crippen LogP contribution in [0.4, 0.5) is 5.82 Å². The highest BCUT2D eigenvalue weighted by Gasteiger charge is 2.02. The van der Waals surface area contributed by atoms with Crippen LogP contribution >= 0.6 is 0 Å². The van der Waals surface area contributed by atoms with E-state index in [0.29, 0.717) is 18.8 Å². The first-order chi connectivity index (χ1) is 7.09. The molecule has 0 saturated heterocycles. The molecule has 0 saturated carbocycles. The number of anilines is 1. The van der Waals surface area contributed by atoms with Crippen molar-refractivity contribution in [2.24, 2.45) is 0 Å². The van der Waals surface area contributed by atoms with Gasteiger partial charge >= 0.3 is 5.97 Å². The van der Waals surface area contributed by atoms with E-state index in [1.165, 1.54) is 12.3 Å². The number of carbonyl (C=O) groups is 1. The van der Waals surface area contributed by atoms with E-state index < -0.39 is 5.97 Å². The Morgan fingerprint density at radius 1 is 1.60 bits per heavy atom. The Labute approximate surface area is 87.8 Å². The van der Waals surface area contributed by atoms with Crippen LogP contribution < -0.4 is 5.32 Å². The fourth-order valence-electron chi connectivity index (χ4n) is 1.03. The maximum atomic E-state index is 10.5. The minimum absolute atomic E-state index is 0.163. The van der Waals surface area contributed by atoms with E-state index >= 15 is 0 Å². The number of hydrogen-bond donors (Lipinski definition) is 3. The summed E-state index contributed by atoms with van der Waals surface area (Å²) in [6.07, 6.45) is 1.57. The number of nitrogens with zero attached hydrogens (tertiary/aromatic N) is 1. The van der Waals surface area contributed by atoms with E-state index in [1.807, 2.05) is 0 Å². The van der Waals surface area contributed by atoms with Crippen molar-refractivity contribution in [3.63, 3.8) is 0 Å². The molecular formula is C10H14N2O3. The zero-order valence-corrected chi connectivity index (χ0v) is 8.47. The van der Waals surface area contributed by atoms with Gasteiger partial charge in [-0.25, -0.2) is 9.78 Å². The van der Waals surface area contributed by atoms with Crippen LogP contribution in [0.2, 0.25) is 0 Å². The average molecular weight is 210 g/mol. The van der Waals surface area contributed by atoms with Gasteiger partial charge in [0.2, 0.25) is 0 Å². The number of aliphatic hydroxyl groups excluding tert-OH is 1. The summed E-state index contributed by atoms with van der Waals surface area (Å²) in [5, 5.41) is 20.6. The monoisotopic (exact) mass is 210 g/mol. The van der Waals surface area contributed by atoms with E-state index in [-0.39, 0.29) is 11.7 Å². The number of carboxylic acids is 1. The lowest BCUT2D eigenvalue weighted by molar-refractivity contribution is 0.0696. The first-order valence-electron chi connectivity index (χ1n) is 4.71. The molecule has 0 aliphatic heterocycles. The molecule has 5 nitrogen and oxygen atoms in total. The SMILES string of the molecule is CC(O)CCNc1ccc(C(=O)O)cn1. The number of aliphatic hydroxyl groups is 1. The summed E-state index contributed by atoms with van der Waals surface area (Å²) in [7, 11) is 0. The van der Waals surface area contributed by atoms with Crippen molar-refractivity contribution in [3.05, 3.63) is 23.9 Å². The minimum Gasteiger partial charge on any atom is -0.478 e. The molecule has 0 aliphatic rings. The summed E-state index contributed by atoms with van der Waals surface area (Å²) in [6.45, 7) is 2.32. The van der Waals surface area contributed by atoms with E-state index in [4.69, 9.17) is 10.2 Å². The Balaban J connectivity index is 2.46. The standard InChI is InChI=1S/C10H14N2O3/c1-7(13)4-5-11-9-3-2-8(6-12-9)10(14)15/h2-3,6-7,13H,4-5H2,1H3,(H,11,12)(H,14,15). The fraction of sp³-hybridized carbons (Fsp3) is 0.400. The number of carboxylic acid groups (broad SMARTS) is 1. The average Bonchev–Trinajstić information content (AvgIpc) is 2.18. The molecule has 1 unspecified atom stereocenters. The highest BCUT2D eigenvalue weighted by atomic mass is 16.4. The van der Waals surface area contributed by atoms with Crippen LogP contribution in [-0.4, -0.2) is 33.8 Å². The van der Waals surface area contributed by atoms with Crippen molar-refractivity contribution in [1.82, 2.24) is 4.98 Å². The molecule has 1 rings (SSSR count). The number of hydrogen-bond acceptors (Lipinski definition) is 4. The van der Waals surface area contributed by atoms with E-state index in [1.54, 1.807) is 13.0 Å². The third-order valence-electron chi connectivity index (χ3n) is 1.88. The lowest BCUT2D eigenvalue weighted by Crippen LogP contribution is -2.10. The molecule has 0 radical (unpaired) electrons. The summed E-state index contributed by atoms with van der Waals surface area (Å²) < 4.78 is 0. The predicted molar refractivity (Wildman–Crippen MR) is 56.0 cm³/mol. The lowest BCUT2D eigenvalue weighted by Gasteiger charge is -2.06. The van der Waals surface area contributed by atoms with E-state index in [9.17, 15) is 4.79 Å². The van der Waals surface area contributed by atoms with Crippen molar-refractivity contribution in [1.29, 1.82) is 0 Å². The van der Waals surface area contributed by atoms with E-state index in [2.05, 4.69) is 10.3 Å². The topological polar surface area (TPSA) is 82.5 Å². The second-order valence-electron chi connectivity index (χ2n) is 3.30. The highest BCUT2D eigenvalue weighted by Crippen LogP contribution is 2.05. The number of aromatic nitrogens is 1. The van der Waals surface area contributed by atoms with Crippen LogP contribution in [0, 0.1) is 0 Å². The first kappa shape index (κ1) is 11.5. The molecule has 0 bridgehead atoms. The Bertz CT molecular complexity index is 322. The van der Waals surface area contributed by atoms with Gasteiger partial charge in [0.1, 0.15) is 5.82 Å². The van der Waals surface area contributed by atoms with Crippen molar-refractivity contribution in [2.75, 3.05) is 11.9 Å². The molecule has 0 aromatic carbocycles. The lowest BCUT2D eigenvalue weighted by atomic mass is 10.2. The largest absolute Gasteiger partial charge is 0.478 e. The zero-order valence-electron chi connectivity index (χ0n) is 8.47. The molecule has 82 valence electrons. The second-order valence-corrected chi connectivity index (χ2v) is 3.30. The fourth-order valence-corrected chi connectivity index (χ4v) is 1.03. The Morgan fingerprint density at radius 2 is 2.33 bits per heavy atom. The van der Waals surface area contributed by atoms with Crippen LogP contribution in [0.3, 0.4) is 0 Å². The molecule has 0 fully saturated rings. The first-order valence-corrected chi connectivity index (χ1v) is 4.71. The Hall–Kier alpha value is -1.62. The quantitative estimate of drug-likeness (QED) is 0.674. The maximum absolute atomic E-state index is 10.5. The summed E-state index contributed by atoms with van der Waals surface area (Å²) in [5.41, 5.74) is 0.163. The third-order valence-corrected chi connectivity index (χ3v) is 1.88. The summed E-state index contributed by atoms with van der Waals surface area (Å²) >= 11 is 0. The van der Waals surface area contributed by atoms with E-state index in [0.717, 1.165) is 0 Å². The zero-order chi connectivity index (χ0) is 11.3. The smallest absolute Gasteiger partial charge is 0.337 e. The highest BCUT2D eigenvalue weighted by molar-refractivity contribution is 5.87. The van der Waals surface area contributed by atoms with Gasteiger partial charge in [-0.15, -0.1) is 0 Å². The molecule has 3 N–H and O–H groups in total. The number of aromatic carboxylic acids is 1. The van der Waals surface area contributed by atoms with Gasteiger partial charge in [-0.05, 0) is 25.5 Å². The third kappa shape index (κ3) is 3.95.